The molecule has 2 atom stereocenters. The van der Waals surface area contributed by atoms with Gasteiger partial charge in [-0.05, 0) is 49.2 Å². The van der Waals surface area contributed by atoms with Crippen LogP contribution in [0.5, 0.6) is 0 Å². The Labute approximate surface area is 244 Å². The molecule has 2 aliphatic rings. The van der Waals surface area contributed by atoms with Gasteiger partial charge < -0.3 is 5.32 Å². The maximum Gasteiger partial charge on any atom is 0.252 e. The lowest BCUT2D eigenvalue weighted by Crippen LogP contribution is -2.56. The number of pyridine rings is 1. The zero-order chi connectivity index (χ0) is 30.4. The van der Waals surface area contributed by atoms with E-state index >= 15 is 0 Å². The summed E-state index contributed by atoms with van der Waals surface area (Å²) in [7, 11) is -4.06. The van der Waals surface area contributed by atoms with E-state index in [1.807, 2.05) is 0 Å². The molecular weight excluding hydrogens is 600 g/mol. The van der Waals surface area contributed by atoms with Gasteiger partial charge in [0.2, 0.25) is 15.9 Å². The summed E-state index contributed by atoms with van der Waals surface area (Å²) in [5, 5.41) is 2.49. The van der Waals surface area contributed by atoms with Crippen LogP contribution in [0.15, 0.2) is 60.8 Å². The summed E-state index contributed by atoms with van der Waals surface area (Å²) in [6.45, 7) is 1.70. The number of alkyl halides is 2. The number of amides is 2. The summed E-state index contributed by atoms with van der Waals surface area (Å²) in [5.41, 5.74) is 0.280. The molecule has 2 aromatic carbocycles. The van der Waals surface area contributed by atoms with Gasteiger partial charge in [0.05, 0.1) is 11.4 Å². The van der Waals surface area contributed by atoms with Gasteiger partial charge in [0.15, 0.2) is 0 Å². The van der Waals surface area contributed by atoms with E-state index in [2.05, 4.69) is 10.3 Å². The van der Waals surface area contributed by atoms with Crippen LogP contribution < -0.4 is 14.5 Å². The largest absolute Gasteiger partial charge is 0.351 e. The van der Waals surface area contributed by atoms with Gasteiger partial charge in [-0.2, -0.15) is 0 Å². The Kier molecular flexibility index (Phi) is 7.92. The Morgan fingerprint density at radius 3 is 2.38 bits per heavy atom. The topological polar surface area (TPSA) is 99.7 Å². The Morgan fingerprint density at radius 1 is 1.10 bits per heavy atom. The molecule has 1 aliphatic carbocycles. The van der Waals surface area contributed by atoms with Crippen LogP contribution in [0.25, 0.3) is 0 Å². The molecule has 2 fully saturated rings. The minimum Gasteiger partial charge on any atom is -0.351 e. The molecule has 0 spiro atoms. The van der Waals surface area contributed by atoms with Crippen LogP contribution in [0.4, 0.5) is 29.1 Å². The highest BCUT2D eigenvalue weighted by molar-refractivity contribution is 7.93. The highest BCUT2D eigenvalue weighted by Crippen LogP contribution is 2.40. The Hall–Kier alpha value is -3.71. The van der Waals surface area contributed by atoms with Gasteiger partial charge in [-0.25, -0.2) is 35.3 Å². The maximum atomic E-state index is 14.5. The molecule has 2 heterocycles. The standard InChI is InChI=1S/C28H25ClF4N4O4S/c1-16-6-8-34-24(10-16)37-23(7-9-42(37,40)41)27(39)36(20-12-17(30)11-18(31)13-20)25(21-4-2-3-5-22(21)29)26(38)35-19-14-28(32,33)15-19/h2-6,8,10-13,19,23,25H,7,9,14-15H2,1H3,(H,35,38)/t23-,25-/m0/s1. The molecule has 1 aromatic heterocycles. The van der Waals surface area contributed by atoms with Crippen molar-refractivity contribution < 1.29 is 35.6 Å². The predicted molar refractivity (Wildman–Crippen MR) is 148 cm³/mol. The Balaban J connectivity index is 1.65. The van der Waals surface area contributed by atoms with Crippen molar-refractivity contribution in [2.24, 2.45) is 0 Å². The van der Waals surface area contributed by atoms with Crippen LogP contribution in [-0.2, 0) is 19.6 Å². The third-order valence-corrected chi connectivity index (χ3v) is 9.29. The SMILES string of the molecule is Cc1ccnc(N2[C@H](C(=O)N(c3cc(F)cc(F)c3)[C@H](C(=O)NC3CC(F)(F)C3)c3ccccc3Cl)CCS2(=O)=O)c1. The quantitative estimate of drug-likeness (QED) is 0.377. The molecule has 0 unspecified atom stereocenters. The fraction of sp³-hybridized carbons (Fsp3) is 0.321. The number of aromatic nitrogens is 1. The van der Waals surface area contributed by atoms with E-state index in [0.29, 0.717) is 11.6 Å². The molecule has 0 bridgehead atoms. The second-order valence-electron chi connectivity index (χ2n) is 10.3. The van der Waals surface area contributed by atoms with Crippen LogP contribution in [0.2, 0.25) is 5.02 Å². The number of sulfonamides is 1. The first-order chi connectivity index (χ1) is 19.8. The zero-order valence-electron chi connectivity index (χ0n) is 22.1. The Bertz CT molecular complexity index is 1630. The fourth-order valence-corrected chi connectivity index (χ4v) is 7.14. The number of hydrogen-bond acceptors (Lipinski definition) is 5. The normalized spacial score (nSPS) is 20.0. The predicted octanol–water partition coefficient (Wildman–Crippen LogP) is 4.92. The summed E-state index contributed by atoms with van der Waals surface area (Å²) < 4.78 is 83.4. The van der Waals surface area contributed by atoms with Gasteiger partial charge in [-0.1, -0.05) is 29.8 Å². The van der Waals surface area contributed by atoms with Gasteiger partial charge in [-0.15, -0.1) is 0 Å². The van der Waals surface area contributed by atoms with E-state index in [1.165, 1.54) is 30.5 Å². The Morgan fingerprint density at radius 2 is 1.76 bits per heavy atom. The summed E-state index contributed by atoms with van der Waals surface area (Å²) in [6.07, 6.45) is -0.126. The van der Waals surface area contributed by atoms with Crippen molar-refractivity contribution in [3.63, 3.8) is 0 Å². The first-order valence-corrected chi connectivity index (χ1v) is 14.9. The molecule has 1 saturated heterocycles. The van der Waals surface area contributed by atoms with Gasteiger partial charge in [0.1, 0.15) is 29.5 Å². The van der Waals surface area contributed by atoms with Crippen molar-refractivity contribution in [2.45, 2.75) is 50.2 Å². The molecule has 1 N–H and O–H groups in total. The van der Waals surface area contributed by atoms with E-state index in [9.17, 15) is 35.6 Å². The number of hydrogen-bond donors (Lipinski definition) is 1. The van der Waals surface area contributed by atoms with Gasteiger partial charge in [0, 0.05) is 41.7 Å². The van der Waals surface area contributed by atoms with E-state index in [1.54, 1.807) is 19.1 Å². The van der Waals surface area contributed by atoms with Crippen molar-refractivity contribution in [3.8, 4) is 0 Å². The van der Waals surface area contributed by atoms with E-state index in [0.717, 1.165) is 21.3 Å². The zero-order valence-corrected chi connectivity index (χ0v) is 23.7. The smallest absolute Gasteiger partial charge is 0.252 e. The van der Waals surface area contributed by atoms with Crippen molar-refractivity contribution in [3.05, 3.63) is 88.6 Å². The molecule has 222 valence electrons. The monoisotopic (exact) mass is 624 g/mol. The second-order valence-corrected chi connectivity index (χ2v) is 12.7. The molecule has 42 heavy (non-hydrogen) atoms. The van der Waals surface area contributed by atoms with Crippen LogP contribution in [-0.4, -0.2) is 49.0 Å². The maximum absolute atomic E-state index is 14.5. The average Bonchev–Trinajstić information content (AvgIpc) is 3.20. The minimum absolute atomic E-state index is 0.00233. The van der Waals surface area contributed by atoms with E-state index in [4.69, 9.17) is 11.6 Å². The fourth-order valence-electron chi connectivity index (χ4n) is 5.22. The number of rotatable bonds is 7. The molecule has 3 aromatic rings. The van der Waals surface area contributed by atoms with E-state index in [-0.39, 0.29) is 22.8 Å². The molecular formula is C28H25ClF4N4O4S. The van der Waals surface area contributed by atoms with Crippen molar-refractivity contribution in [1.82, 2.24) is 10.3 Å². The lowest BCUT2D eigenvalue weighted by Gasteiger charge is -2.39. The number of aryl methyl sites for hydroxylation is 1. The van der Waals surface area contributed by atoms with Crippen molar-refractivity contribution in [2.75, 3.05) is 15.0 Å². The first kappa shape index (κ1) is 29.8. The third kappa shape index (κ3) is 5.93. The highest BCUT2D eigenvalue weighted by atomic mass is 35.5. The van der Waals surface area contributed by atoms with Crippen LogP contribution in [0, 0.1) is 18.6 Å². The molecule has 2 amide bonds. The average molecular weight is 625 g/mol. The number of benzene rings is 2. The van der Waals surface area contributed by atoms with Crippen LogP contribution in [0.3, 0.4) is 0 Å². The number of carbonyl (C=O) groups is 2. The number of anilines is 2. The number of halogens is 5. The molecule has 8 nitrogen and oxygen atoms in total. The van der Waals surface area contributed by atoms with Crippen molar-refractivity contribution >= 4 is 44.9 Å². The third-order valence-electron chi connectivity index (χ3n) is 7.15. The molecule has 1 saturated carbocycles. The molecule has 0 radical (unpaired) electrons. The second kappa shape index (κ2) is 11.2. The summed E-state index contributed by atoms with van der Waals surface area (Å²) in [5.74, 6) is -7.55. The lowest BCUT2D eigenvalue weighted by atomic mass is 9.87. The highest BCUT2D eigenvalue weighted by Gasteiger charge is 2.49. The lowest BCUT2D eigenvalue weighted by molar-refractivity contribution is -0.133. The molecule has 14 heteroatoms. The minimum atomic E-state index is -4.06. The van der Waals surface area contributed by atoms with Crippen molar-refractivity contribution in [1.29, 1.82) is 0 Å². The van der Waals surface area contributed by atoms with Gasteiger partial charge >= 0.3 is 0 Å². The first-order valence-electron chi connectivity index (χ1n) is 12.9. The van der Waals surface area contributed by atoms with Crippen LogP contribution >= 0.6 is 11.6 Å². The van der Waals surface area contributed by atoms with Crippen LogP contribution in [0.1, 0.15) is 36.4 Å². The number of nitrogens with one attached hydrogen (secondary N) is 1. The molecule has 1 aliphatic heterocycles. The van der Waals surface area contributed by atoms with Gasteiger partial charge in [-0.3, -0.25) is 14.5 Å². The molecule has 5 rings (SSSR count). The van der Waals surface area contributed by atoms with E-state index < -0.39 is 81.8 Å². The van der Waals surface area contributed by atoms with Gasteiger partial charge in [0.25, 0.3) is 11.8 Å². The number of carbonyl (C=O) groups excluding carboxylic acids is 2. The summed E-state index contributed by atoms with van der Waals surface area (Å²) in [4.78, 5) is 33.1. The summed E-state index contributed by atoms with van der Waals surface area (Å²) >= 11 is 6.44. The number of nitrogens with zero attached hydrogens (tertiary/aromatic N) is 3. The summed E-state index contributed by atoms with van der Waals surface area (Å²) in [6, 6.07) is 7.08.